The standard InChI is InChI=1S/3C8H17O.Sn.H/c3*1-3-5-7-9-8-6-4-2;;/h3*1,3-8H2,2H3;;. The molecule has 0 unspecified atom stereocenters. The fraction of sp³-hybridized carbons (Fsp3) is 1.00. The van der Waals surface area contributed by atoms with Gasteiger partial charge in [-0.25, -0.2) is 0 Å². The second-order valence-corrected chi connectivity index (χ2v) is 18.1. The molecule has 0 aliphatic rings. The van der Waals surface area contributed by atoms with E-state index in [0.717, 1.165) is 39.6 Å². The van der Waals surface area contributed by atoms with Crippen LogP contribution in [0.5, 0.6) is 0 Å². The Balaban J connectivity index is 3.80. The molecule has 0 atom stereocenters. The fourth-order valence-corrected chi connectivity index (χ4v) is 13.3. The Morgan fingerprint density at radius 1 is 0.393 bits per heavy atom. The molecule has 0 bridgehead atoms. The minimum atomic E-state index is -1.35. The van der Waals surface area contributed by atoms with E-state index in [1.807, 2.05) is 0 Å². The second kappa shape index (κ2) is 25.7. The van der Waals surface area contributed by atoms with Gasteiger partial charge in [0.1, 0.15) is 0 Å². The second-order valence-electron chi connectivity index (χ2n) is 8.25. The molecule has 0 saturated heterocycles. The van der Waals surface area contributed by atoms with Gasteiger partial charge in [0.15, 0.2) is 0 Å². The monoisotopic (exact) mass is 508 g/mol. The van der Waals surface area contributed by atoms with Crippen molar-refractivity contribution in [1.29, 1.82) is 0 Å². The average Bonchev–Trinajstić information content (AvgIpc) is 2.71. The van der Waals surface area contributed by atoms with Gasteiger partial charge in [-0.3, -0.25) is 0 Å². The summed E-state index contributed by atoms with van der Waals surface area (Å²) in [5.41, 5.74) is 0. The molecule has 28 heavy (non-hydrogen) atoms. The first kappa shape index (κ1) is 28.7. The number of hydrogen-bond acceptors (Lipinski definition) is 3. The zero-order valence-corrected chi connectivity index (χ0v) is 22.9. The van der Waals surface area contributed by atoms with Gasteiger partial charge < -0.3 is 0 Å². The van der Waals surface area contributed by atoms with Gasteiger partial charge in [-0.1, -0.05) is 0 Å². The van der Waals surface area contributed by atoms with Crippen molar-refractivity contribution in [3.05, 3.63) is 0 Å². The Kier molecular flexibility index (Phi) is 26.3. The zero-order chi connectivity index (χ0) is 20.5. The number of rotatable bonds is 24. The molecule has 0 aliphatic carbocycles. The van der Waals surface area contributed by atoms with Gasteiger partial charge in [-0.05, 0) is 0 Å². The van der Waals surface area contributed by atoms with Crippen LogP contribution in [0.2, 0.25) is 13.3 Å². The fourth-order valence-electron chi connectivity index (χ4n) is 3.39. The Labute approximate surface area is 184 Å². The third kappa shape index (κ3) is 23.0. The van der Waals surface area contributed by atoms with Gasteiger partial charge in [0.2, 0.25) is 0 Å². The maximum absolute atomic E-state index is 5.74. The van der Waals surface area contributed by atoms with E-state index in [0.29, 0.717) is 0 Å². The van der Waals surface area contributed by atoms with Gasteiger partial charge >= 0.3 is 185 Å². The molecule has 3 nitrogen and oxygen atoms in total. The summed E-state index contributed by atoms with van der Waals surface area (Å²) in [4.78, 5) is 0. The molecule has 0 radical (unpaired) electrons. The first-order valence-electron chi connectivity index (χ1n) is 12.6. The number of ether oxygens (including phenoxy) is 3. The summed E-state index contributed by atoms with van der Waals surface area (Å²) in [6.07, 6.45) is 15.4. The van der Waals surface area contributed by atoms with Crippen LogP contribution in [0.25, 0.3) is 0 Å². The van der Waals surface area contributed by atoms with Crippen molar-refractivity contribution in [2.75, 3.05) is 39.6 Å². The molecule has 0 aromatic carbocycles. The molecule has 0 amide bonds. The van der Waals surface area contributed by atoms with Gasteiger partial charge in [-0.15, -0.1) is 0 Å². The van der Waals surface area contributed by atoms with Crippen LogP contribution in [-0.2, 0) is 14.2 Å². The van der Waals surface area contributed by atoms with Crippen molar-refractivity contribution in [2.24, 2.45) is 0 Å². The van der Waals surface area contributed by atoms with E-state index in [1.165, 1.54) is 77.0 Å². The van der Waals surface area contributed by atoms with Gasteiger partial charge in [0, 0.05) is 0 Å². The van der Waals surface area contributed by atoms with Crippen LogP contribution >= 0.6 is 0 Å². The predicted molar refractivity (Wildman–Crippen MR) is 126 cm³/mol. The molecule has 0 aromatic rings. The van der Waals surface area contributed by atoms with Crippen LogP contribution in [0.3, 0.4) is 0 Å². The molecule has 0 rings (SSSR count). The molecule has 0 heterocycles. The molecule has 0 saturated carbocycles. The molecule has 0 spiro atoms. The van der Waals surface area contributed by atoms with E-state index in [1.54, 1.807) is 13.3 Å². The Morgan fingerprint density at radius 2 is 0.679 bits per heavy atom. The van der Waals surface area contributed by atoms with E-state index in [-0.39, 0.29) is 0 Å². The minimum absolute atomic E-state index is 0.958. The quantitative estimate of drug-likeness (QED) is 0.104. The van der Waals surface area contributed by atoms with Gasteiger partial charge in [-0.2, -0.15) is 0 Å². The van der Waals surface area contributed by atoms with Crippen molar-refractivity contribution >= 4 is 19.8 Å². The topological polar surface area (TPSA) is 27.7 Å². The summed E-state index contributed by atoms with van der Waals surface area (Å²) >= 11 is -1.35. The number of hydrogen-bond donors (Lipinski definition) is 0. The van der Waals surface area contributed by atoms with E-state index in [2.05, 4.69) is 20.8 Å². The Hall–Kier alpha value is 0.679. The molecular weight excluding hydrogens is 455 g/mol. The molecular formula is C24H52O3Sn. The Morgan fingerprint density at radius 3 is 0.964 bits per heavy atom. The maximum atomic E-state index is 5.74. The SMILES string of the molecule is CCCCOCCC[CH2][SnH]([CH2]CCCOCCCC)[CH2]CCCOCCCC. The molecule has 0 fully saturated rings. The molecule has 0 N–H and O–H groups in total. The zero-order valence-electron chi connectivity index (χ0n) is 19.7. The summed E-state index contributed by atoms with van der Waals surface area (Å²) in [5.74, 6) is 0. The molecule has 4 heteroatoms. The predicted octanol–water partition coefficient (Wildman–Crippen LogP) is 7.00. The first-order chi connectivity index (χ1) is 13.8. The van der Waals surface area contributed by atoms with E-state index in [9.17, 15) is 0 Å². The normalized spacial score (nSPS) is 11.6. The summed E-state index contributed by atoms with van der Waals surface area (Å²) < 4.78 is 21.9. The Bertz CT molecular complexity index is 234. The van der Waals surface area contributed by atoms with Crippen LogP contribution in [0.1, 0.15) is 97.8 Å². The van der Waals surface area contributed by atoms with Crippen LogP contribution in [0, 0.1) is 0 Å². The third-order valence-corrected chi connectivity index (χ3v) is 15.9. The first-order valence-corrected chi connectivity index (χ1v) is 19.6. The summed E-state index contributed by atoms with van der Waals surface area (Å²) in [6.45, 7) is 12.5. The van der Waals surface area contributed by atoms with E-state index < -0.39 is 19.8 Å². The van der Waals surface area contributed by atoms with E-state index in [4.69, 9.17) is 14.2 Å². The number of unbranched alkanes of at least 4 members (excludes halogenated alkanes) is 6. The molecule has 0 aromatic heterocycles. The van der Waals surface area contributed by atoms with Crippen LogP contribution < -0.4 is 0 Å². The molecule has 170 valence electrons. The van der Waals surface area contributed by atoms with Crippen molar-refractivity contribution in [3.8, 4) is 0 Å². The molecule has 0 aliphatic heterocycles. The van der Waals surface area contributed by atoms with Crippen LogP contribution in [-0.4, -0.2) is 59.4 Å². The van der Waals surface area contributed by atoms with Crippen molar-refractivity contribution in [2.45, 2.75) is 111 Å². The summed E-state index contributed by atoms with van der Waals surface area (Å²) in [6, 6.07) is 0. The van der Waals surface area contributed by atoms with Gasteiger partial charge in [0.05, 0.1) is 0 Å². The van der Waals surface area contributed by atoms with Gasteiger partial charge in [0.25, 0.3) is 0 Å². The van der Waals surface area contributed by atoms with E-state index >= 15 is 0 Å². The van der Waals surface area contributed by atoms with Crippen molar-refractivity contribution in [3.63, 3.8) is 0 Å². The van der Waals surface area contributed by atoms with Crippen LogP contribution in [0.4, 0.5) is 0 Å². The average molecular weight is 507 g/mol. The summed E-state index contributed by atoms with van der Waals surface area (Å²) in [7, 11) is 0. The third-order valence-electron chi connectivity index (χ3n) is 5.38. The summed E-state index contributed by atoms with van der Waals surface area (Å²) in [5, 5.41) is 0. The van der Waals surface area contributed by atoms with Crippen molar-refractivity contribution in [1.82, 2.24) is 0 Å². The van der Waals surface area contributed by atoms with Crippen molar-refractivity contribution < 1.29 is 14.2 Å². The van der Waals surface area contributed by atoms with Crippen LogP contribution in [0.15, 0.2) is 0 Å².